The van der Waals surface area contributed by atoms with Gasteiger partial charge in [0.25, 0.3) is 0 Å². The van der Waals surface area contributed by atoms with Crippen LogP contribution in [0.15, 0.2) is 24.3 Å². The highest BCUT2D eigenvalue weighted by Gasteiger charge is 2.27. The van der Waals surface area contributed by atoms with Gasteiger partial charge in [-0.25, -0.2) is 0 Å². The minimum atomic E-state index is -4.33. The predicted octanol–water partition coefficient (Wildman–Crippen LogP) is 2.28. The number of alkyl halides is 3. The quantitative estimate of drug-likeness (QED) is 0.828. The molecule has 0 aliphatic heterocycles. The molecular weight excluding hydrogens is 257 g/mol. The highest BCUT2D eigenvalue weighted by molar-refractivity contribution is 5.90. The lowest BCUT2D eigenvalue weighted by Crippen LogP contribution is -2.16. The lowest BCUT2D eigenvalue weighted by molar-refractivity contribution is -0.142. The zero-order valence-electron chi connectivity index (χ0n) is 10.1. The molecule has 1 amide bonds. The van der Waals surface area contributed by atoms with Crippen molar-refractivity contribution < 1.29 is 18.0 Å². The van der Waals surface area contributed by atoms with E-state index in [1.807, 2.05) is 0 Å². The molecule has 6 heteroatoms. The molecule has 102 valence electrons. The van der Waals surface area contributed by atoms with Crippen molar-refractivity contribution in [1.82, 2.24) is 0 Å². The van der Waals surface area contributed by atoms with Crippen molar-refractivity contribution in [3.8, 4) is 11.8 Å². The van der Waals surface area contributed by atoms with Crippen molar-refractivity contribution in [2.24, 2.45) is 5.73 Å². The first-order valence-corrected chi connectivity index (χ1v) is 5.56. The normalized spacial score (nSPS) is 10.5. The third-order valence-corrected chi connectivity index (χ3v) is 2.12. The minimum absolute atomic E-state index is 0.210. The van der Waals surface area contributed by atoms with E-state index in [2.05, 4.69) is 17.2 Å². The zero-order valence-corrected chi connectivity index (χ0v) is 10.1. The molecule has 0 aliphatic carbocycles. The van der Waals surface area contributed by atoms with Crippen LogP contribution in [0.3, 0.4) is 0 Å². The van der Waals surface area contributed by atoms with Gasteiger partial charge in [-0.05, 0) is 18.2 Å². The Morgan fingerprint density at radius 2 is 2.11 bits per heavy atom. The van der Waals surface area contributed by atoms with Gasteiger partial charge in [-0.2, -0.15) is 13.2 Å². The molecule has 0 aliphatic rings. The molecule has 0 radical (unpaired) electrons. The minimum Gasteiger partial charge on any atom is -0.326 e. The van der Waals surface area contributed by atoms with Crippen molar-refractivity contribution in [3.05, 3.63) is 29.8 Å². The largest absolute Gasteiger partial charge is 0.389 e. The summed E-state index contributed by atoms with van der Waals surface area (Å²) in [7, 11) is 0. The smallest absolute Gasteiger partial charge is 0.326 e. The van der Waals surface area contributed by atoms with E-state index in [0.717, 1.165) is 0 Å². The molecule has 1 rings (SSSR count). The third-order valence-electron chi connectivity index (χ3n) is 2.12. The van der Waals surface area contributed by atoms with Crippen molar-refractivity contribution in [3.63, 3.8) is 0 Å². The zero-order chi connectivity index (χ0) is 14.3. The fourth-order valence-corrected chi connectivity index (χ4v) is 1.31. The summed E-state index contributed by atoms with van der Waals surface area (Å²) in [6, 6.07) is 6.53. The molecular formula is C13H13F3N2O. The second kappa shape index (κ2) is 6.81. The Morgan fingerprint density at radius 1 is 1.37 bits per heavy atom. The fourth-order valence-electron chi connectivity index (χ4n) is 1.31. The van der Waals surface area contributed by atoms with E-state index in [0.29, 0.717) is 11.3 Å². The predicted molar refractivity (Wildman–Crippen MR) is 66.3 cm³/mol. The lowest BCUT2D eigenvalue weighted by atomic mass is 10.2. The second-order valence-corrected chi connectivity index (χ2v) is 3.75. The van der Waals surface area contributed by atoms with Crippen LogP contribution < -0.4 is 11.1 Å². The van der Waals surface area contributed by atoms with Crippen LogP contribution >= 0.6 is 0 Å². The summed E-state index contributed by atoms with van der Waals surface area (Å²) in [5.74, 6) is 4.73. The Kier molecular flexibility index (Phi) is 5.39. The summed E-state index contributed by atoms with van der Waals surface area (Å²) >= 11 is 0. The molecule has 19 heavy (non-hydrogen) atoms. The summed E-state index contributed by atoms with van der Waals surface area (Å²) in [6.07, 6.45) is -6.06. The Balaban J connectivity index is 2.59. The van der Waals surface area contributed by atoms with Crippen LogP contribution in [0.1, 0.15) is 18.4 Å². The molecule has 0 saturated heterocycles. The van der Waals surface area contributed by atoms with Crippen LogP contribution in [0.5, 0.6) is 0 Å². The molecule has 1 aromatic carbocycles. The molecule has 0 saturated carbocycles. The topological polar surface area (TPSA) is 55.1 Å². The molecule has 0 heterocycles. The Labute approximate surface area is 109 Å². The van der Waals surface area contributed by atoms with Gasteiger partial charge in [0.05, 0.1) is 13.0 Å². The number of nitrogens with two attached hydrogens (primary N) is 1. The van der Waals surface area contributed by atoms with E-state index >= 15 is 0 Å². The highest BCUT2D eigenvalue weighted by Crippen LogP contribution is 2.21. The van der Waals surface area contributed by atoms with Crippen LogP contribution in [-0.4, -0.2) is 18.6 Å². The van der Waals surface area contributed by atoms with Crippen LogP contribution in [0.4, 0.5) is 18.9 Å². The molecule has 0 aromatic heterocycles. The van der Waals surface area contributed by atoms with E-state index in [-0.39, 0.29) is 6.54 Å². The maximum Gasteiger partial charge on any atom is 0.389 e. The molecule has 0 bridgehead atoms. The van der Waals surface area contributed by atoms with Crippen LogP contribution in [-0.2, 0) is 4.79 Å². The first kappa shape index (κ1) is 15.1. The van der Waals surface area contributed by atoms with Gasteiger partial charge < -0.3 is 11.1 Å². The third kappa shape index (κ3) is 6.48. The molecule has 1 aromatic rings. The number of rotatable bonds is 3. The second-order valence-electron chi connectivity index (χ2n) is 3.75. The van der Waals surface area contributed by atoms with E-state index in [9.17, 15) is 18.0 Å². The molecule has 0 spiro atoms. The Morgan fingerprint density at radius 3 is 2.74 bits per heavy atom. The number of benzene rings is 1. The molecule has 3 N–H and O–H groups in total. The number of nitrogens with one attached hydrogen (secondary N) is 1. The number of anilines is 1. The van der Waals surface area contributed by atoms with E-state index in [1.165, 1.54) is 0 Å². The van der Waals surface area contributed by atoms with Crippen LogP contribution in [0, 0.1) is 11.8 Å². The number of hydrogen-bond acceptors (Lipinski definition) is 2. The van der Waals surface area contributed by atoms with Gasteiger partial charge in [0.15, 0.2) is 0 Å². The highest BCUT2D eigenvalue weighted by atomic mass is 19.4. The van der Waals surface area contributed by atoms with Gasteiger partial charge in [0.1, 0.15) is 0 Å². The first-order valence-electron chi connectivity index (χ1n) is 5.56. The standard InChI is InChI=1S/C13H13F3N2O/c14-13(15,16)7-6-12(19)18-11-5-1-3-10(9-11)4-2-8-17/h1,3,5,9H,6-8,17H2,(H,18,19). The van der Waals surface area contributed by atoms with Gasteiger partial charge in [-0.3, -0.25) is 4.79 Å². The van der Waals surface area contributed by atoms with E-state index in [4.69, 9.17) is 5.73 Å². The lowest BCUT2D eigenvalue weighted by Gasteiger charge is -2.07. The van der Waals surface area contributed by atoms with E-state index < -0.39 is 24.9 Å². The van der Waals surface area contributed by atoms with Crippen molar-refractivity contribution in [2.45, 2.75) is 19.0 Å². The van der Waals surface area contributed by atoms with Crippen LogP contribution in [0.2, 0.25) is 0 Å². The first-order chi connectivity index (χ1) is 8.90. The maximum absolute atomic E-state index is 11.9. The maximum atomic E-state index is 11.9. The van der Waals surface area contributed by atoms with Gasteiger partial charge in [-0.1, -0.05) is 17.9 Å². The monoisotopic (exact) mass is 270 g/mol. The average molecular weight is 270 g/mol. The summed E-state index contributed by atoms with van der Waals surface area (Å²) in [5, 5.41) is 2.39. The molecule has 0 fully saturated rings. The SMILES string of the molecule is NCC#Cc1cccc(NC(=O)CCC(F)(F)F)c1. The number of halogens is 3. The summed E-state index contributed by atoms with van der Waals surface area (Å²) in [5.41, 5.74) is 6.28. The molecule has 0 unspecified atom stereocenters. The molecule has 0 atom stereocenters. The molecule has 3 nitrogen and oxygen atoms in total. The Bertz CT molecular complexity index is 501. The van der Waals surface area contributed by atoms with E-state index in [1.54, 1.807) is 24.3 Å². The van der Waals surface area contributed by atoms with Crippen LogP contribution in [0.25, 0.3) is 0 Å². The van der Waals surface area contributed by atoms with Crippen molar-refractivity contribution >= 4 is 11.6 Å². The Hall–Kier alpha value is -2.00. The summed E-state index contributed by atoms with van der Waals surface area (Å²) in [4.78, 5) is 11.3. The van der Waals surface area contributed by atoms with Gasteiger partial charge in [-0.15, -0.1) is 0 Å². The number of amides is 1. The van der Waals surface area contributed by atoms with Gasteiger partial charge >= 0.3 is 6.18 Å². The van der Waals surface area contributed by atoms with Crippen molar-refractivity contribution in [1.29, 1.82) is 0 Å². The summed E-state index contributed by atoms with van der Waals surface area (Å²) in [6.45, 7) is 0.210. The van der Waals surface area contributed by atoms with Gasteiger partial charge in [0, 0.05) is 17.7 Å². The fraction of sp³-hybridized carbons (Fsp3) is 0.308. The number of carbonyl (C=O) groups is 1. The van der Waals surface area contributed by atoms with Gasteiger partial charge in [0.2, 0.25) is 5.91 Å². The summed E-state index contributed by atoms with van der Waals surface area (Å²) < 4.78 is 35.8. The average Bonchev–Trinajstić information content (AvgIpc) is 2.33. The number of hydrogen-bond donors (Lipinski definition) is 2. The number of carbonyl (C=O) groups excluding carboxylic acids is 1. The van der Waals surface area contributed by atoms with Crippen molar-refractivity contribution in [2.75, 3.05) is 11.9 Å².